The van der Waals surface area contributed by atoms with Gasteiger partial charge in [-0.25, -0.2) is 9.97 Å². The number of anilines is 1. The highest BCUT2D eigenvalue weighted by molar-refractivity contribution is 6.30. The Labute approximate surface area is 215 Å². The number of aromatic nitrogens is 2. The van der Waals surface area contributed by atoms with E-state index in [4.69, 9.17) is 30.7 Å². The molecule has 1 saturated heterocycles. The predicted molar refractivity (Wildman–Crippen MR) is 139 cm³/mol. The fourth-order valence-electron chi connectivity index (χ4n) is 4.42. The van der Waals surface area contributed by atoms with Crippen molar-refractivity contribution in [2.75, 3.05) is 38.2 Å². The Morgan fingerprint density at radius 3 is 2.39 bits per heavy atom. The number of methoxy groups -OCH3 is 1. The lowest BCUT2D eigenvalue weighted by Gasteiger charge is -2.36. The molecule has 0 saturated carbocycles. The Morgan fingerprint density at radius 2 is 1.72 bits per heavy atom. The summed E-state index contributed by atoms with van der Waals surface area (Å²) >= 11 is 6.12. The zero-order chi connectivity index (χ0) is 24.9. The van der Waals surface area contributed by atoms with Crippen molar-refractivity contribution in [1.82, 2.24) is 14.9 Å². The molecule has 36 heavy (non-hydrogen) atoms. The van der Waals surface area contributed by atoms with E-state index in [2.05, 4.69) is 4.90 Å². The van der Waals surface area contributed by atoms with Crippen molar-refractivity contribution in [3.63, 3.8) is 0 Å². The number of benzene rings is 2. The standard InChI is InChI=1S/C28H27ClN4O3/c1-35-19-24-23(18-20-9-11-22(29)12-10-20)27(31-26(30-24)21-6-3-2-4-7-21)32-13-15-33(16-14-32)28(34)25-8-5-17-36-25/h2-12,17H,13-16,18-19H2,1H3. The van der Waals surface area contributed by atoms with Crippen LogP contribution in [0.4, 0.5) is 5.82 Å². The van der Waals surface area contributed by atoms with Crippen LogP contribution < -0.4 is 4.90 Å². The molecule has 184 valence electrons. The van der Waals surface area contributed by atoms with Crippen LogP contribution in [0.2, 0.25) is 5.02 Å². The van der Waals surface area contributed by atoms with E-state index in [1.165, 1.54) is 6.26 Å². The number of hydrogen-bond acceptors (Lipinski definition) is 6. The molecule has 0 N–H and O–H groups in total. The summed E-state index contributed by atoms with van der Waals surface area (Å²) in [6.45, 7) is 2.82. The lowest BCUT2D eigenvalue weighted by Crippen LogP contribution is -2.49. The van der Waals surface area contributed by atoms with E-state index in [0.717, 1.165) is 28.2 Å². The van der Waals surface area contributed by atoms with Gasteiger partial charge in [0.25, 0.3) is 5.91 Å². The Morgan fingerprint density at radius 1 is 0.972 bits per heavy atom. The van der Waals surface area contributed by atoms with Gasteiger partial charge >= 0.3 is 0 Å². The number of amides is 1. The van der Waals surface area contributed by atoms with Crippen LogP contribution in [0.15, 0.2) is 77.4 Å². The van der Waals surface area contributed by atoms with Gasteiger partial charge < -0.3 is 19.0 Å². The molecule has 2 aromatic heterocycles. The van der Waals surface area contributed by atoms with Crippen LogP contribution in [0.25, 0.3) is 11.4 Å². The lowest BCUT2D eigenvalue weighted by atomic mass is 10.0. The van der Waals surface area contributed by atoms with Gasteiger partial charge in [-0.05, 0) is 29.8 Å². The molecule has 4 aromatic rings. The molecule has 0 unspecified atom stereocenters. The molecule has 1 fully saturated rings. The van der Waals surface area contributed by atoms with Crippen LogP contribution in [-0.2, 0) is 17.8 Å². The molecule has 0 radical (unpaired) electrons. The van der Waals surface area contributed by atoms with Crippen molar-refractivity contribution in [2.24, 2.45) is 0 Å². The van der Waals surface area contributed by atoms with E-state index in [9.17, 15) is 4.79 Å². The maximum atomic E-state index is 12.8. The van der Waals surface area contributed by atoms with Crippen LogP contribution >= 0.6 is 11.6 Å². The summed E-state index contributed by atoms with van der Waals surface area (Å²) in [5, 5.41) is 0.698. The van der Waals surface area contributed by atoms with Gasteiger partial charge in [0, 0.05) is 55.9 Å². The summed E-state index contributed by atoms with van der Waals surface area (Å²) in [6, 6.07) is 21.2. The third-order valence-electron chi connectivity index (χ3n) is 6.28. The minimum atomic E-state index is -0.0891. The molecular formula is C28H27ClN4O3. The first-order chi connectivity index (χ1) is 17.6. The van der Waals surface area contributed by atoms with Gasteiger partial charge in [0.2, 0.25) is 0 Å². The summed E-state index contributed by atoms with van der Waals surface area (Å²) < 4.78 is 10.9. The minimum absolute atomic E-state index is 0.0891. The third-order valence-corrected chi connectivity index (χ3v) is 6.53. The van der Waals surface area contributed by atoms with E-state index in [-0.39, 0.29) is 5.91 Å². The molecule has 3 heterocycles. The lowest BCUT2D eigenvalue weighted by molar-refractivity contribution is 0.0714. The molecule has 2 aromatic carbocycles. The van der Waals surface area contributed by atoms with Gasteiger partial charge in [-0.3, -0.25) is 4.79 Å². The molecule has 0 spiro atoms. The average Bonchev–Trinajstić information content (AvgIpc) is 3.46. The third kappa shape index (κ3) is 5.27. The summed E-state index contributed by atoms with van der Waals surface area (Å²) in [6.07, 6.45) is 2.17. The smallest absolute Gasteiger partial charge is 0.289 e. The highest BCUT2D eigenvalue weighted by atomic mass is 35.5. The van der Waals surface area contributed by atoms with Crippen LogP contribution in [-0.4, -0.2) is 54.1 Å². The first-order valence-electron chi connectivity index (χ1n) is 11.9. The van der Waals surface area contributed by atoms with Gasteiger partial charge in [0.15, 0.2) is 11.6 Å². The number of carbonyl (C=O) groups is 1. The summed E-state index contributed by atoms with van der Waals surface area (Å²) in [7, 11) is 1.68. The van der Waals surface area contributed by atoms with E-state index in [1.54, 1.807) is 19.2 Å². The maximum absolute atomic E-state index is 12.8. The molecule has 0 bridgehead atoms. The number of piperazine rings is 1. The quantitative estimate of drug-likeness (QED) is 0.350. The van der Waals surface area contributed by atoms with Crippen molar-refractivity contribution in [1.29, 1.82) is 0 Å². The molecule has 8 heteroatoms. The number of ether oxygens (including phenoxy) is 1. The normalized spacial score (nSPS) is 13.7. The average molecular weight is 503 g/mol. The minimum Gasteiger partial charge on any atom is -0.459 e. The van der Waals surface area contributed by atoms with Crippen molar-refractivity contribution in [2.45, 2.75) is 13.0 Å². The fourth-order valence-corrected chi connectivity index (χ4v) is 4.54. The van der Waals surface area contributed by atoms with Gasteiger partial charge in [0.05, 0.1) is 18.6 Å². The number of halogens is 1. The maximum Gasteiger partial charge on any atom is 0.289 e. The molecule has 1 aliphatic rings. The number of furan rings is 1. The van der Waals surface area contributed by atoms with Crippen molar-refractivity contribution >= 4 is 23.3 Å². The first-order valence-corrected chi connectivity index (χ1v) is 12.3. The van der Waals surface area contributed by atoms with Gasteiger partial charge in [0.1, 0.15) is 5.82 Å². The largest absolute Gasteiger partial charge is 0.459 e. The van der Waals surface area contributed by atoms with Gasteiger partial charge in [-0.15, -0.1) is 0 Å². The summed E-state index contributed by atoms with van der Waals surface area (Å²) in [5.41, 5.74) is 3.93. The molecule has 0 aliphatic carbocycles. The van der Waals surface area contributed by atoms with Gasteiger partial charge in [-0.1, -0.05) is 54.1 Å². The van der Waals surface area contributed by atoms with Crippen LogP contribution in [0.1, 0.15) is 27.4 Å². The predicted octanol–water partition coefficient (Wildman–Crippen LogP) is 5.09. The van der Waals surface area contributed by atoms with Crippen LogP contribution in [0.5, 0.6) is 0 Å². The molecule has 5 rings (SSSR count). The highest BCUT2D eigenvalue weighted by Gasteiger charge is 2.27. The molecule has 7 nitrogen and oxygen atoms in total. The topological polar surface area (TPSA) is 71.7 Å². The van der Waals surface area contributed by atoms with E-state index < -0.39 is 0 Å². The summed E-state index contributed by atoms with van der Waals surface area (Å²) in [5.74, 6) is 1.80. The zero-order valence-corrected chi connectivity index (χ0v) is 20.8. The molecule has 1 aliphatic heterocycles. The zero-order valence-electron chi connectivity index (χ0n) is 20.1. The number of carbonyl (C=O) groups excluding carboxylic acids is 1. The molecular weight excluding hydrogens is 476 g/mol. The Balaban J connectivity index is 1.50. The van der Waals surface area contributed by atoms with E-state index in [1.807, 2.05) is 59.5 Å². The molecule has 0 atom stereocenters. The SMILES string of the molecule is COCc1nc(-c2ccccc2)nc(N2CCN(C(=O)c3ccco3)CC2)c1Cc1ccc(Cl)cc1. The van der Waals surface area contributed by atoms with Crippen LogP contribution in [0, 0.1) is 0 Å². The van der Waals surface area contributed by atoms with Gasteiger partial charge in [-0.2, -0.15) is 0 Å². The number of rotatable bonds is 7. The highest BCUT2D eigenvalue weighted by Crippen LogP contribution is 2.29. The van der Waals surface area contributed by atoms with Crippen LogP contribution in [0.3, 0.4) is 0 Å². The number of hydrogen-bond donors (Lipinski definition) is 0. The first kappa shape index (κ1) is 24.0. The fraction of sp³-hybridized carbons (Fsp3) is 0.250. The second-order valence-electron chi connectivity index (χ2n) is 8.65. The Hall–Kier alpha value is -3.68. The monoisotopic (exact) mass is 502 g/mol. The summed E-state index contributed by atoms with van der Waals surface area (Å²) in [4.78, 5) is 26.8. The second-order valence-corrected chi connectivity index (χ2v) is 9.09. The second kappa shape index (κ2) is 10.9. The van der Waals surface area contributed by atoms with Crippen molar-refractivity contribution in [3.05, 3.63) is 101 Å². The van der Waals surface area contributed by atoms with E-state index in [0.29, 0.717) is 55.8 Å². The Kier molecular flexibility index (Phi) is 7.30. The Bertz CT molecular complexity index is 1300. The van der Waals surface area contributed by atoms with Crippen molar-refractivity contribution < 1.29 is 13.9 Å². The molecule has 1 amide bonds. The number of nitrogens with zero attached hydrogens (tertiary/aromatic N) is 4. The van der Waals surface area contributed by atoms with Crippen molar-refractivity contribution in [3.8, 4) is 11.4 Å². The van der Waals surface area contributed by atoms with E-state index >= 15 is 0 Å².